The van der Waals surface area contributed by atoms with Crippen molar-refractivity contribution in [1.29, 1.82) is 0 Å². The largest absolute Gasteiger partial charge is 0.498 e. The van der Waals surface area contributed by atoms with Crippen LogP contribution >= 0.6 is 0 Å². The van der Waals surface area contributed by atoms with E-state index in [2.05, 4.69) is 9.97 Å². The highest BCUT2D eigenvalue weighted by Gasteiger charge is 2.51. The summed E-state index contributed by atoms with van der Waals surface area (Å²) in [5.74, 6) is 0. The van der Waals surface area contributed by atoms with Gasteiger partial charge in [0.1, 0.15) is 6.10 Å². The maximum absolute atomic E-state index is 5.94. The van der Waals surface area contributed by atoms with Gasteiger partial charge in [0.05, 0.1) is 24.4 Å². The first-order chi connectivity index (χ1) is 9.37. The number of nitrogens with zero attached hydrogens (tertiary/aromatic N) is 2. The van der Waals surface area contributed by atoms with Crippen molar-refractivity contribution in [3.8, 4) is 6.01 Å². The Kier molecular flexibility index (Phi) is 3.23. The number of hydrogen-bond donors (Lipinski definition) is 0. The molecule has 0 unspecified atom stereocenters. The van der Waals surface area contributed by atoms with E-state index in [9.17, 15) is 0 Å². The Morgan fingerprint density at radius 1 is 1.10 bits per heavy atom. The van der Waals surface area contributed by atoms with Crippen molar-refractivity contribution in [3.63, 3.8) is 0 Å². The van der Waals surface area contributed by atoms with Gasteiger partial charge in [0.2, 0.25) is 0 Å². The molecule has 0 radical (unpaired) electrons. The molecule has 20 heavy (non-hydrogen) atoms. The van der Waals surface area contributed by atoms with Crippen molar-refractivity contribution >= 4 is 12.6 Å². The minimum atomic E-state index is -0.443. The average molecular weight is 278 g/mol. The van der Waals surface area contributed by atoms with Crippen molar-refractivity contribution in [1.82, 2.24) is 9.97 Å². The molecule has 7 heteroatoms. The molecule has 2 fully saturated rings. The normalized spacial score (nSPS) is 24.5. The quantitative estimate of drug-likeness (QED) is 0.753. The van der Waals surface area contributed by atoms with Gasteiger partial charge in [-0.15, -0.1) is 0 Å². The molecule has 1 aromatic heterocycles. The first kappa shape index (κ1) is 13.8. The van der Waals surface area contributed by atoms with Crippen LogP contribution in [-0.2, 0) is 14.0 Å². The fourth-order valence-electron chi connectivity index (χ4n) is 1.92. The van der Waals surface area contributed by atoms with Crippen LogP contribution in [0.4, 0.5) is 0 Å². The van der Waals surface area contributed by atoms with Gasteiger partial charge >= 0.3 is 13.1 Å². The van der Waals surface area contributed by atoms with Crippen LogP contribution in [0, 0.1) is 0 Å². The lowest BCUT2D eigenvalue weighted by molar-refractivity contribution is -0.0831. The smallest absolute Gasteiger partial charge is 0.455 e. The lowest BCUT2D eigenvalue weighted by Gasteiger charge is -2.32. The molecule has 0 saturated carbocycles. The van der Waals surface area contributed by atoms with Gasteiger partial charge in [-0.05, 0) is 27.7 Å². The molecule has 2 aliphatic heterocycles. The van der Waals surface area contributed by atoms with Gasteiger partial charge < -0.3 is 18.8 Å². The third-order valence-electron chi connectivity index (χ3n) is 4.05. The molecule has 2 aliphatic rings. The van der Waals surface area contributed by atoms with Crippen LogP contribution in [0.3, 0.4) is 0 Å². The molecule has 3 heterocycles. The number of ether oxygens (including phenoxy) is 2. The van der Waals surface area contributed by atoms with Crippen LogP contribution in [0.2, 0.25) is 0 Å². The van der Waals surface area contributed by atoms with Crippen LogP contribution in [0.15, 0.2) is 12.4 Å². The second-order valence-corrected chi connectivity index (χ2v) is 6.16. The van der Waals surface area contributed by atoms with Crippen molar-refractivity contribution in [3.05, 3.63) is 12.4 Å². The zero-order valence-corrected chi connectivity index (χ0v) is 12.3. The molecular formula is C13H19BN2O4. The minimum absolute atomic E-state index is 0.0673. The minimum Gasteiger partial charge on any atom is -0.455 e. The standard InChI is InChI=1S/C13H19BN2O4/c1-12(2)13(3,4)20-14(19-12)9-5-15-11(16-6-9)18-10-7-17-8-10/h5-6,10H,7-8H2,1-4H3. The van der Waals surface area contributed by atoms with Gasteiger partial charge in [0, 0.05) is 17.9 Å². The van der Waals surface area contributed by atoms with Crippen molar-refractivity contribution in [2.75, 3.05) is 13.2 Å². The summed E-state index contributed by atoms with van der Waals surface area (Å²) in [6, 6.07) is 0.360. The Labute approximate surface area is 118 Å². The summed E-state index contributed by atoms with van der Waals surface area (Å²) in [6.07, 6.45) is 3.44. The van der Waals surface area contributed by atoms with Crippen LogP contribution < -0.4 is 10.2 Å². The van der Waals surface area contributed by atoms with Gasteiger partial charge in [-0.25, -0.2) is 9.97 Å². The van der Waals surface area contributed by atoms with E-state index in [-0.39, 0.29) is 17.3 Å². The van der Waals surface area contributed by atoms with E-state index >= 15 is 0 Å². The van der Waals surface area contributed by atoms with E-state index in [1.54, 1.807) is 12.4 Å². The van der Waals surface area contributed by atoms with Crippen LogP contribution in [0.1, 0.15) is 27.7 Å². The topological polar surface area (TPSA) is 62.7 Å². The zero-order valence-electron chi connectivity index (χ0n) is 12.3. The first-order valence-electron chi connectivity index (χ1n) is 6.79. The Morgan fingerprint density at radius 3 is 2.10 bits per heavy atom. The van der Waals surface area contributed by atoms with E-state index in [4.69, 9.17) is 18.8 Å². The van der Waals surface area contributed by atoms with Crippen molar-refractivity contribution in [2.45, 2.75) is 45.0 Å². The summed E-state index contributed by atoms with van der Waals surface area (Å²) in [6.45, 7) is 9.26. The molecule has 0 N–H and O–H groups in total. The molecule has 0 amide bonds. The predicted molar refractivity (Wildman–Crippen MR) is 73.0 cm³/mol. The summed E-state index contributed by atoms with van der Waals surface area (Å²) in [5.41, 5.74) is 0.0625. The number of hydrogen-bond acceptors (Lipinski definition) is 6. The Bertz CT molecular complexity index is 472. The summed E-state index contributed by atoms with van der Waals surface area (Å²) in [7, 11) is -0.443. The maximum atomic E-state index is 5.94. The second kappa shape index (κ2) is 4.68. The first-order valence-corrected chi connectivity index (χ1v) is 6.79. The van der Waals surface area contributed by atoms with Gasteiger partial charge in [-0.3, -0.25) is 0 Å². The monoisotopic (exact) mass is 278 g/mol. The molecular weight excluding hydrogens is 259 g/mol. The van der Waals surface area contributed by atoms with E-state index < -0.39 is 7.12 Å². The fraction of sp³-hybridized carbons (Fsp3) is 0.692. The Morgan fingerprint density at radius 2 is 1.65 bits per heavy atom. The van der Waals surface area contributed by atoms with Gasteiger partial charge in [-0.2, -0.15) is 0 Å². The molecule has 1 aromatic rings. The molecule has 0 spiro atoms. The van der Waals surface area contributed by atoms with E-state index in [1.165, 1.54) is 0 Å². The highest BCUT2D eigenvalue weighted by Crippen LogP contribution is 2.36. The average Bonchev–Trinajstić information content (AvgIpc) is 2.54. The molecule has 0 aliphatic carbocycles. The van der Waals surface area contributed by atoms with Crippen molar-refractivity contribution in [2.24, 2.45) is 0 Å². The van der Waals surface area contributed by atoms with Crippen LogP contribution in [0.5, 0.6) is 6.01 Å². The second-order valence-electron chi connectivity index (χ2n) is 6.16. The van der Waals surface area contributed by atoms with Gasteiger partial charge in [0.25, 0.3) is 0 Å². The summed E-state index contributed by atoms with van der Waals surface area (Å²) >= 11 is 0. The summed E-state index contributed by atoms with van der Waals surface area (Å²) in [4.78, 5) is 8.38. The predicted octanol–water partition coefficient (Wildman–Crippen LogP) is 0.553. The number of rotatable bonds is 3. The molecule has 3 rings (SSSR count). The van der Waals surface area contributed by atoms with E-state index in [0.717, 1.165) is 5.46 Å². The summed E-state index contributed by atoms with van der Waals surface area (Å²) < 4.78 is 22.4. The highest BCUT2D eigenvalue weighted by atomic mass is 16.7. The fourth-order valence-corrected chi connectivity index (χ4v) is 1.92. The lowest BCUT2D eigenvalue weighted by Crippen LogP contribution is -2.41. The van der Waals surface area contributed by atoms with Crippen LogP contribution in [0.25, 0.3) is 0 Å². The maximum Gasteiger partial charge on any atom is 0.498 e. The highest BCUT2D eigenvalue weighted by molar-refractivity contribution is 6.61. The molecule has 0 bridgehead atoms. The molecule has 0 atom stereocenters. The summed E-state index contributed by atoms with van der Waals surface area (Å²) in [5, 5.41) is 0. The molecule has 2 saturated heterocycles. The molecule has 6 nitrogen and oxygen atoms in total. The Hall–Kier alpha value is -1.18. The number of aromatic nitrogens is 2. The third kappa shape index (κ3) is 2.41. The Balaban J connectivity index is 1.69. The molecule has 0 aromatic carbocycles. The third-order valence-corrected chi connectivity index (χ3v) is 4.05. The van der Waals surface area contributed by atoms with Gasteiger partial charge in [0.15, 0.2) is 0 Å². The SMILES string of the molecule is CC1(C)OB(c2cnc(OC3COC3)nc2)OC1(C)C. The lowest BCUT2D eigenvalue weighted by atomic mass is 9.81. The zero-order chi connectivity index (χ0) is 14.4. The van der Waals surface area contributed by atoms with Crippen LogP contribution in [-0.4, -0.2) is 47.6 Å². The molecule has 108 valence electrons. The van der Waals surface area contributed by atoms with Crippen molar-refractivity contribution < 1.29 is 18.8 Å². The van der Waals surface area contributed by atoms with Gasteiger partial charge in [-0.1, -0.05) is 0 Å². The van der Waals surface area contributed by atoms with E-state index in [0.29, 0.717) is 19.2 Å². The van der Waals surface area contributed by atoms with E-state index in [1.807, 2.05) is 27.7 Å².